The zero-order valence-corrected chi connectivity index (χ0v) is 51.3. The van der Waals surface area contributed by atoms with E-state index in [0.29, 0.717) is 17.5 Å². The molecule has 2 aliphatic heterocycles. The topological polar surface area (TPSA) is 411 Å². The third kappa shape index (κ3) is 22.9. The molecule has 2 heterocycles. The van der Waals surface area contributed by atoms with E-state index in [1.807, 2.05) is 27.7 Å². The summed E-state index contributed by atoms with van der Waals surface area (Å²) in [5.41, 5.74) is 23.7. The molecule has 0 aromatic heterocycles. The molecule has 26 nitrogen and oxygen atoms in total. The van der Waals surface area contributed by atoms with Gasteiger partial charge >= 0.3 is 0 Å². The first-order valence-electron chi connectivity index (χ1n) is 29.9. The Hall–Kier alpha value is -8.32. The summed E-state index contributed by atoms with van der Waals surface area (Å²) in [5.74, 6) is -9.21. The summed E-state index contributed by atoms with van der Waals surface area (Å²) in [5, 5.41) is 25.1. The van der Waals surface area contributed by atoms with Crippen LogP contribution in [0.3, 0.4) is 0 Å². The predicted molar refractivity (Wildman–Crippen MR) is 326 cm³/mol. The van der Waals surface area contributed by atoms with Crippen molar-refractivity contribution < 1.29 is 47.9 Å². The van der Waals surface area contributed by atoms with Crippen LogP contribution in [0.5, 0.6) is 0 Å². The fourth-order valence-corrected chi connectivity index (χ4v) is 10.2. The van der Waals surface area contributed by atoms with Crippen LogP contribution >= 0.6 is 0 Å². The number of guanidine groups is 2. The highest BCUT2D eigenvalue weighted by atomic mass is 16.2. The second kappa shape index (κ2) is 34.6. The average molecular weight is 1200 g/mol. The molecule has 474 valence electrons. The summed E-state index contributed by atoms with van der Waals surface area (Å²) in [4.78, 5) is 155. The van der Waals surface area contributed by atoms with Gasteiger partial charge in [0.15, 0.2) is 11.9 Å². The second-order valence-electron chi connectivity index (χ2n) is 23.8. The van der Waals surface area contributed by atoms with E-state index < -0.39 is 131 Å². The lowest BCUT2D eigenvalue weighted by molar-refractivity contribution is -0.142. The van der Waals surface area contributed by atoms with Gasteiger partial charge < -0.3 is 75.7 Å². The first kappa shape index (κ1) is 70.2. The Kier molecular flexibility index (Phi) is 28.2. The van der Waals surface area contributed by atoms with Crippen LogP contribution in [-0.4, -0.2) is 156 Å². The molecule has 17 N–H and O–H groups in total. The Morgan fingerprint density at radius 2 is 0.837 bits per heavy atom. The second-order valence-corrected chi connectivity index (χ2v) is 23.8. The van der Waals surface area contributed by atoms with Crippen molar-refractivity contribution >= 4 is 71.0 Å². The molecular weight excluding hydrogens is 1100 g/mol. The number of aliphatic imine (C=N–C) groups is 2. The lowest BCUT2D eigenvalue weighted by Gasteiger charge is -2.32. The van der Waals surface area contributed by atoms with E-state index in [1.165, 1.54) is 11.8 Å². The third-order valence-electron chi connectivity index (χ3n) is 14.7. The van der Waals surface area contributed by atoms with Crippen molar-refractivity contribution in [1.82, 2.24) is 52.8 Å². The van der Waals surface area contributed by atoms with E-state index in [9.17, 15) is 47.9 Å². The summed E-state index contributed by atoms with van der Waals surface area (Å²) in [7, 11) is 0. The number of nitrogens with one attached hydrogen (secondary N) is 9. The molecule has 4 rings (SSSR count). The number of benzene rings is 2. The monoisotopic (exact) mass is 1200 g/mol. The van der Waals surface area contributed by atoms with Crippen molar-refractivity contribution in [3.63, 3.8) is 0 Å². The van der Waals surface area contributed by atoms with Crippen LogP contribution in [-0.2, 0) is 60.8 Å². The SMILES string of the molecule is CC(C)C[C@@H]1NC(=O)[C@H](CCCN=C(N)N)NC(=O)[C@H](C(C)C)NC(=O)[C@@H]2CCCN2C(=O)[C@@H](Cc2ccccc2)NC(=O)[C@H](C)NC(=O)[C@H](CCCN=C(N)N)NC(=O)[C@H](C(C)C)NC(=O)[C@H](CC(C)C)NC(=O)[C@@H](Cc2ccccc2)NC1=O. The molecule has 0 bridgehead atoms. The highest BCUT2D eigenvalue weighted by Crippen LogP contribution is 2.22. The summed E-state index contributed by atoms with van der Waals surface area (Å²) in [6, 6.07) is 5.04. The number of amides is 10. The highest BCUT2D eigenvalue weighted by Gasteiger charge is 2.41. The number of hydrogen-bond acceptors (Lipinski definition) is 12. The number of nitrogens with two attached hydrogens (primary N) is 4. The standard InChI is InChI=1S/C60H94N16O10/c1-33(2)29-42-52(80)72-44(31-38-19-12-10-13-20-38)53(81)71-43(30-34(3)4)54(82)74-47(35(5)6)56(84)68-40(23-16-26-65-59(61)62)50(78)67-37(9)49(77)73-45(32-39-21-14-11-15-22-39)58(86)76-28-18-25-46(76)55(83)75-48(36(7)8)57(85)69-41(51(79)70-42)24-17-27-66-60(63)64/h10-15,19-22,33-37,40-48H,16-18,23-32H2,1-9H3,(H,67,78)(H,68,84)(H,69,85)(H,70,79)(H,71,81)(H,72,80)(H,73,77)(H,74,82)(H,75,83)(H4,61,62,65)(H4,63,64,66)/t37-,40-,41-,42-,43-,44+,45+,46-,47-,48-/m0/s1. The van der Waals surface area contributed by atoms with Crippen LogP contribution in [0.15, 0.2) is 70.6 Å². The van der Waals surface area contributed by atoms with Gasteiger partial charge in [-0.15, -0.1) is 0 Å². The molecule has 0 aliphatic carbocycles. The number of rotatable bonds is 18. The first-order valence-corrected chi connectivity index (χ1v) is 29.9. The number of fused-ring (bicyclic) bond motifs is 1. The normalized spacial score (nSPS) is 24.9. The van der Waals surface area contributed by atoms with Gasteiger partial charge in [-0.05, 0) is 93.1 Å². The van der Waals surface area contributed by atoms with Crippen molar-refractivity contribution in [2.75, 3.05) is 19.6 Å². The minimum absolute atomic E-state index is 0.0119. The van der Waals surface area contributed by atoms with Crippen molar-refractivity contribution in [3.8, 4) is 0 Å². The summed E-state index contributed by atoms with van der Waals surface area (Å²) in [6.45, 7) is 15.8. The van der Waals surface area contributed by atoms with Gasteiger partial charge in [0, 0.05) is 32.5 Å². The van der Waals surface area contributed by atoms with E-state index in [2.05, 4.69) is 57.8 Å². The Morgan fingerprint density at radius 3 is 1.28 bits per heavy atom. The fraction of sp³-hybridized carbons (Fsp3) is 0.600. The lowest BCUT2D eigenvalue weighted by Crippen LogP contribution is -2.62. The molecular formula is C60H94N16O10. The van der Waals surface area contributed by atoms with E-state index in [0.717, 1.165) is 0 Å². The van der Waals surface area contributed by atoms with E-state index in [1.54, 1.807) is 88.4 Å². The maximum Gasteiger partial charge on any atom is 0.246 e. The zero-order chi connectivity index (χ0) is 63.8. The lowest BCUT2D eigenvalue weighted by atomic mass is 9.98. The number of carbonyl (C=O) groups excluding carboxylic acids is 10. The first-order chi connectivity index (χ1) is 40.6. The van der Waals surface area contributed by atoms with Gasteiger partial charge in [0.1, 0.15) is 60.4 Å². The van der Waals surface area contributed by atoms with E-state index >= 15 is 0 Å². The molecule has 0 unspecified atom stereocenters. The Bertz CT molecular complexity index is 2680. The van der Waals surface area contributed by atoms with Crippen LogP contribution in [0.25, 0.3) is 0 Å². The molecule has 2 aromatic rings. The quantitative estimate of drug-likeness (QED) is 0.0503. The van der Waals surface area contributed by atoms with Gasteiger partial charge in [-0.2, -0.15) is 0 Å². The summed E-state index contributed by atoms with van der Waals surface area (Å²) < 4.78 is 0. The van der Waals surface area contributed by atoms with Crippen LogP contribution in [0.4, 0.5) is 0 Å². The maximum absolute atomic E-state index is 14.8. The molecule has 26 heteroatoms. The predicted octanol–water partition coefficient (Wildman–Crippen LogP) is -0.629. The van der Waals surface area contributed by atoms with Gasteiger partial charge in [-0.25, -0.2) is 0 Å². The molecule has 0 spiro atoms. The minimum Gasteiger partial charge on any atom is -0.370 e. The van der Waals surface area contributed by atoms with Gasteiger partial charge in [-0.3, -0.25) is 57.9 Å². The fourth-order valence-electron chi connectivity index (χ4n) is 10.2. The van der Waals surface area contributed by atoms with E-state index in [4.69, 9.17) is 22.9 Å². The number of hydrogen-bond donors (Lipinski definition) is 13. The van der Waals surface area contributed by atoms with Crippen LogP contribution in [0.1, 0.15) is 125 Å². The smallest absolute Gasteiger partial charge is 0.246 e. The summed E-state index contributed by atoms with van der Waals surface area (Å²) in [6.07, 6.45) is 1.04. The van der Waals surface area contributed by atoms with Crippen molar-refractivity contribution in [3.05, 3.63) is 71.8 Å². The Labute approximate surface area is 504 Å². The minimum atomic E-state index is -1.32. The van der Waals surface area contributed by atoms with Gasteiger partial charge in [-0.1, -0.05) is 116 Å². The van der Waals surface area contributed by atoms with Gasteiger partial charge in [0.05, 0.1) is 0 Å². The molecule has 2 saturated heterocycles. The summed E-state index contributed by atoms with van der Waals surface area (Å²) >= 11 is 0. The highest BCUT2D eigenvalue weighted by molar-refractivity contribution is 6.00. The van der Waals surface area contributed by atoms with Crippen LogP contribution < -0.4 is 70.8 Å². The Balaban J connectivity index is 1.86. The van der Waals surface area contributed by atoms with Gasteiger partial charge in [0.25, 0.3) is 0 Å². The van der Waals surface area contributed by atoms with Crippen LogP contribution in [0.2, 0.25) is 0 Å². The van der Waals surface area contributed by atoms with Crippen molar-refractivity contribution in [1.29, 1.82) is 0 Å². The third-order valence-corrected chi connectivity index (χ3v) is 14.7. The molecule has 2 aliphatic rings. The molecule has 0 radical (unpaired) electrons. The molecule has 10 atom stereocenters. The number of carbonyl (C=O) groups is 10. The zero-order valence-electron chi connectivity index (χ0n) is 51.3. The van der Waals surface area contributed by atoms with E-state index in [-0.39, 0.29) is 101 Å². The van der Waals surface area contributed by atoms with Crippen molar-refractivity contribution in [2.45, 2.75) is 187 Å². The van der Waals surface area contributed by atoms with Crippen LogP contribution in [0, 0.1) is 23.7 Å². The maximum atomic E-state index is 14.8. The van der Waals surface area contributed by atoms with Gasteiger partial charge in [0.2, 0.25) is 59.1 Å². The molecule has 86 heavy (non-hydrogen) atoms. The molecule has 2 fully saturated rings. The number of nitrogens with zero attached hydrogens (tertiary/aromatic N) is 3. The largest absolute Gasteiger partial charge is 0.370 e. The molecule has 0 saturated carbocycles. The Morgan fingerprint density at radius 1 is 0.465 bits per heavy atom. The van der Waals surface area contributed by atoms with Crippen molar-refractivity contribution in [2.24, 2.45) is 56.6 Å². The average Bonchev–Trinajstić information content (AvgIpc) is 3.11. The molecule has 10 amide bonds. The molecule has 2 aromatic carbocycles.